The molecule has 0 aliphatic heterocycles. The van der Waals surface area contributed by atoms with E-state index in [2.05, 4.69) is 4.98 Å². The van der Waals surface area contributed by atoms with Gasteiger partial charge in [-0.15, -0.1) is 0 Å². The number of para-hydroxylation sites is 1. The van der Waals surface area contributed by atoms with Gasteiger partial charge in [-0.3, -0.25) is 4.79 Å². The zero-order valence-electron chi connectivity index (χ0n) is 17.2. The van der Waals surface area contributed by atoms with Crippen LogP contribution in [0.5, 0.6) is 0 Å². The van der Waals surface area contributed by atoms with Crippen molar-refractivity contribution in [3.63, 3.8) is 0 Å². The Morgan fingerprint density at radius 3 is 2.64 bits per heavy atom. The van der Waals surface area contributed by atoms with Crippen molar-refractivity contribution in [1.82, 2.24) is 4.98 Å². The number of hydrogen-bond acceptors (Lipinski definition) is 4. The fourth-order valence-corrected chi connectivity index (χ4v) is 3.89. The van der Waals surface area contributed by atoms with Crippen molar-refractivity contribution in [2.75, 3.05) is 0 Å². The molecule has 33 heavy (non-hydrogen) atoms. The number of fused-ring (bicyclic) bond motifs is 2. The molecular formula is C27H16ClNO4. The lowest BCUT2D eigenvalue weighted by Gasteiger charge is -2.07. The molecule has 0 unspecified atom stereocenters. The van der Waals surface area contributed by atoms with Crippen LogP contribution in [0.25, 0.3) is 45.3 Å². The summed E-state index contributed by atoms with van der Waals surface area (Å²) in [5.41, 5.74) is 2.73. The first-order chi connectivity index (χ1) is 16.0. The van der Waals surface area contributed by atoms with E-state index >= 15 is 0 Å². The van der Waals surface area contributed by atoms with Crippen LogP contribution in [0.1, 0.15) is 21.6 Å². The monoisotopic (exact) mass is 453 g/mol. The normalized spacial score (nSPS) is 11.4. The van der Waals surface area contributed by atoms with Crippen LogP contribution in [-0.2, 0) is 0 Å². The van der Waals surface area contributed by atoms with Gasteiger partial charge in [-0.2, -0.15) is 0 Å². The van der Waals surface area contributed by atoms with Gasteiger partial charge >= 0.3 is 5.97 Å². The first-order valence-electron chi connectivity index (χ1n) is 10.1. The van der Waals surface area contributed by atoms with Gasteiger partial charge in [-0.25, -0.2) is 9.78 Å². The van der Waals surface area contributed by atoms with Crippen LogP contribution in [0.3, 0.4) is 0 Å². The van der Waals surface area contributed by atoms with Gasteiger partial charge in [0.15, 0.2) is 11.0 Å². The molecule has 1 N–H and O–H groups in total. The van der Waals surface area contributed by atoms with Gasteiger partial charge in [0.25, 0.3) is 0 Å². The molecule has 0 atom stereocenters. The highest BCUT2D eigenvalue weighted by Gasteiger charge is 2.16. The molecule has 0 spiro atoms. The first kappa shape index (κ1) is 20.7. The van der Waals surface area contributed by atoms with Gasteiger partial charge in [-0.05, 0) is 42.0 Å². The molecule has 6 heteroatoms. The van der Waals surface area contributed by atoms with E-state index in [1.54, 1.807) is 6.07 Å². The van der Waals surface area contributed by atoms with Crippen molar-refractivity contribution in [3.8, 4) is 11.3 Å². The average molecular weight is 454 g/mol. The maximum absolute atomic E-state index is 12.7. The SMILES string of the molecule is O=C(O)c1cc(Cl)cc2c(=O)cc(-c3cccc(C=Cc4ccc5ccccc5n4)c3)oc12. The molecule has 0 bridgehead atoms. The Hall–Kier alpha value is -4.22. The highest BCUT2D eigenvalue weighted by molar-refractivity contribution is 6.32. The van der Waals surface area contributed by atoms with Crippen molar-refractivity contribution in [2.24, 2.45) is 0 Å². The Morgan fingerprint density at radius 1 is 0.939 bits per heavy atom. The minimum absolute atomic E-state index is 0.00397. The third-order valence-electron chi connectivity index (χ3n) is 5.26. The molecule has 5 rings (SSSR count). The third-order valence-corrected chi connectivity index (χ3v) is 5.48. The van der Waals surface area contributed by atoms with Crippen LogP contribution in [-0.4, -0.2) is 16.1 Å². The Labute approximate surface area is 193 Å². The van der Waals surface area contributed by atoms with Crippen LogP contribution in [0.2, 0.25) is 5.02 Å². The number of aromatic nitrogens is 1. The number of benzene rings is 3. The Morgan fingerprint density at radius 2 is 1.79 bits per heavy atom. The van der Waals surface area contributed by atoms with E-state index in [-0.39, 0.29) is 32.7 Å². The van der Waals surface area contributed by atoms with Crippen LogP contribution >= 0.6 is 11.6 Å². The van der Waals surface area contributed by atoms with Crippen LogP contribution in [0.4, 0.5) is 0 Å². The highest BCUT2D eigenvalue weighted by Crippen LogP contribution is 2.28. The summed E-state index contributed by atoms with van der Waals surface area (Å²) < 4.78 is 5.87. The fraction of sp³-hybridized carbons (Fsp3) is 0. The maximum atomic E-state index is 12.7. The summed E-state index contributed by atoms with van der Waals surface area (Å²) in [6.45, 7) is 0. The molecule has 0 aliphatic rings. The molecule has 0 fully saturated rings. The second-order valence-corrected chi connectivity index (χ2v) is 7.93. The summed E-state index contributed by atoms with van der Waals surface area (Å²) in [6.07, 6.45) is 3.83. The minimum atomic E-state index is -1.22. The van der Waals surface area contributed by atoms with Gasteiger partial charge in [0.2, 0.25) is 0 Å². The predicted octanol–water partition coefficient (Wildman–Crippen LogP) is 6.53. The first-order valence-corrected chi connectivity index (χ1v) is 10.5. The second kappa shape index (κ2) is 8.37. The largest absolute Gasteiger partial charge is 0.478 e. The molecule has 2 heterocycles. The number of halogens is 1. The van der Waals surface area contributed by atoms with Gasteiger partial charge in [0, 0.05) is 22.0 Å². The topological polar surface area (TPSA) is 80.4 Å². The number of carboxylic acids is 1. The highest BCUT2D eigenvalue weighted by atomic mass is 35.5. The Bertz CT molecular complexity index is 1640. The molecule has 3 aromatic carbocycles. The van der Waals surface area contributed by atoms with Gasteiger partial charge in [0.1, 0.15) is 11.3 Å². The third kappa shape index (κ3) is 4.14. The van der Waals surface area contributed by atoms with Crippen LogP contribution in [0.15, 0.2) is 88.1 Å². The lowest BCUT2D eigenvalue weighted by molar-refractivity contribution is 0.0698. The van der Waals surface area contributed by atoms with E-state index in [0.717, 1.165) is 22.2 Å². The molecule has 0 radical (unpaired) electrons. The summed E-state index contributed by atoms with van der Waals surface area (Å²) in [6, 6.07) is 23.3. The van der Waals surface area contributed by atoms with E-state index < -0.39 is 5.97 Å². The van der Waals surface area contributed by atoms with Crippen molar-refractivity contribution < 1.29 is 14.3 Å². The maximum Gasteiger partial charge on any atom is 0.339 e. The zero-order chi connectivity index (χ0) is 22.9. The summed E-state index contributed by atoms with van der Waals surface area (Å²) in [5, 5.41) is 10.9. The summed E-state index contributed by atoms with van der Waals surface area (Å²) >= 11 is 5.98. The van der Waals surface area contributed by atoms with E-state index in [4.69, 9.17) is 16.0 Å². The Balaban J connectivity index is 1.54. The molecule has 0 saturated heterocycles. The molecule has 2 aromatic heterocycles. The second-order valence-electron chi connectivity index (χ2n) is 7.50. The van der Waals surface area contributed by atoms with E-state index in [9.17, 15) is 14.7 Å². The van der Waals surface area contributed by atoms with Crippen LogP contribution < -0.4 is 5.43 Å². The average Bonchev–Trinajstić information content (AvgIpc) is 2.82. The lowest BCUT2D eigenvalue weighted by Crippen LogP contribution is -2.05. The van der Waals surface area contributed by atoms with Crippen molar-refractivity contribution in [2.45, 2.75) is 0 Å². The molecule has 160 valence electrons. The van der Waals surface area contributed by atoms with Gasteiger partial charge in [-0.1, -0.05) is 60.1 Å². The number of rotatable bonds is 4. The number of pyridine rings is 1. The molecule has 0 amide bonds. The number of nitrogens with zero attached hydrogens (tertiary/aromatic N) is 1. The molecule has 0 saturated carbocycles. The molecule has 5 nitrogen and oxygen atoms in total. The van der Waals surface area contributed by atoms with Crippen molar-refractivity contribution in [1.29, 1.82) is 0 Å². The predicted molar refractivity (Wildman–Crippen MR) is 131 cm³/mol. The van der Waals surface area contributed by atoms with Crippen LogP contribution in [0, 0.1) is 0 Å². The number of carboxylic acid groups (broad SMARTS) is 1. The summed E-state index contributed by atoms with van der Waals surface area (Å²) in [5.74, 6) is -0.946. The zero-order valence-corrected chi connectivity index (χ0v) is 17.9. The summed E-state index contributed by atoms with van der Waals surface area (Å²) in [4.78, 5) is 29.0. The quantitative estimate of drug-likeness (QED) is 0.334. The van der Waals surface area contributed by atoms with Gasteiger partial charge < -0.3 is 9.52 Å². The van der Waals surface area contributed by atoms with E-state index in [1.807, 2.05) is 66.7 Å². The fourth-order valence-electron chi connectivity index (χ4n) is 3.68. The molecular weight excluding hydrogens is 438 g/mol. The van der Waals surface area contributed by atoms with Crippen molar-refractivity contribution in [3.05, 3.63) is 111 Å². The minimum Gasteiger partial charge on any atom is -0.478 e. The summed E-state index contributed by atoms with van der Waals surface area (Å²) in [7, 11) is 0. The van der Waals surface area contributed by atoms with E-state index in [0.29, 0.717) is 5.56 Å². The smallest absolute Gasteiger partial charge is 0.339 e. The molecule has 0 aliphatic carbocycles. The van der Waals surface area contributed by atoms with E-state index in [1.165, 1.54) is 18.2 Å². The molecule has 5 aromatic rings. The number of hydrogen-bond donors (Lipinski definition) is 1. The Kier molecular flexibility index (Phi) is 5.24. The van der Waals surface area contributed by atoms with Crippen molar-refractivity contribution >= 4 is 51.6 Å². The standard InChI is InChI=1S/C27H16ClNO4/c28-19-13-21-24(30)15-25(33-26(21)22(14-19)27(31)32)18-6-3-4-16(12-18)8-10-20-11-9-17-5-1-2-7-23(17)29-20/h1-15H,(H,31,32). The number of aromatic carboxylic acids is 1. The van der Waals surface area contributed by atoms with Gasteiger partial charge in [0.05, 0.1) is 16.6 Å². The lowest BCUT2D eigenvalue weighted by atomic mass is 10.1. The number of carbonyl (C=O) groups is 1.